The van der Waals surface area contributed by atoms with Crippen LogP contribution in [0.15, 0.2) is 27.8 Å². The molecule has 8 nitrogen and oxygen atoms in total. The quantitative estimate of drug-likeness (QED) is 0.402. The average molecular weight is 472 g/mol. The van der Waals surface area contributed by atoms with Crippen molar-refractivity contribution in [2.75, 3.05) is 39.9 Å². The van der Waals surface area contributed by atoms with Crippen LogP contribution in [-0.4, -0.2) is 65.9 Å². The van der Waals surface area contributed by atoms with Gasteiger partial charge >= 0.3 is 0 Å². The van der Waals surface area contributed by atoms with Crippen LogP contribution in [0.1, 0.15) is 18.7 Å². The Morgan fingerprint density at radius 2 is 2.38 bits per heavy atom. The topological polar surface area (TPSA) is 91.6 Å². The van der Waals surface area contributed by atoms with E-state index in [4.69, 9.17) is 9.15 Å². The number of hydrogen-bond acceptors (Lipinski definition) is 5. The first-order valence-corrected chi connectivity index (χ1v) is 8.77. The number of aromatic nitrogens is 3. The van der Waals surface area contributed by atoms with Crippen LogP contribution in [-0.2, 0) is 11.2 Å². The van der Waals surface area contributed by atoms with Crippen molar-refractivity contribution in [3.8, 4) is 11.6 Å². The summed E-state index contributed by atoms with van der Waals surface area (Å²) in [6.07, 6.45) is 4.71. The monoisotopic (exact) mass is 472 g/mol. The molecular formula is C17H25IN6O2. The summed E-state index contributed by atoms with van der Waals surface area (Å²) in [5.74, 6) is 3.05. The highest BCUT2D eigenvalue weighted by molar-refractivity contribution is 14.0. The Morgan fingerprint density at radius 1 is 1.46 bits per heavy atom. The van der Waals surface area contributed by atoms with Crippen LogP contribution in [0, 0.1) is 5.41 Å². The minimum absolute atomic E-state index is 0. The van der Waals surface area contributed by atoms with Crippen molar-refractivity contribution in [1.29, 1.82) is 0 Å². The second kappa shape index (κ2) is 8.38. The number of aliphatic imine (C=N–C) groups is 1. The Morgan fingerprint density at radius 3 is 3.12 bits per heavy atom. The zero-order valence-electron chi connectivity index (χ0n) is 14.9. The van der Waals surface area contributed by atoms with Gasteiger partial charge in [-0.15, -0.1) is 24.0 Å². The van der Waals surface area contributed by atoms with E-state index < -0.39 is 0 Å². The molecule has 1 spiro atoms. The van der Waals surface area contributed by atoms with Crippen molar-refractivity contribution < 1.29 is 9.15 Å². The number of ether oxygens (including phenoxy) is 1. The molecule has 26 heavy (non-hydrogen) atoms. The van der Waals surface area contributed by atoms with Crippen LogP contribution in [0.4, 0.5) is 0 Å². The van der Waals surface area contributed by atoms with Crippen molar-refractivity contribution >= 4 is 29.9 Å². The van der Waals surface area contributed by atoms with E-state index in [1.54, 1.807) is 6.26 Å². The second-order valence-corrected chi connectivity index (χ2v) is 6.78. The fraction of sp³-hybridized carbons (Fsp3) is 0.588. The molecule has 0 bridgehead atoms. The number of halogens is 1. The fourth-order valence-electron chi connectivity index (χ4n) is 3.64. The minimum atomic E-state index is 0. The van der Waals surface area contributed by atoms with Gasteiger partial charge in [-0.3, -0.25) is 10.1 Å². The Bertz CT molecular complexity index is 723. The third kappa shape index (κ3) is 4.03. The molecule has 1 atom stereocenters. The van der Waals surface area contributed by atoms with E-state index in [0.29, 0.717) is 17.0 Å². The SMILES string of the molecule is CN=C(NCCc1nc(-c2ccco2)n[nH]1)N1CCC2(CCOC2)C1.I. The third-order valence-electron chi connectivity index (χ3n) is 5.05. The number of aromatic amines is 1. The van der Waals surface area contributed by atoms with Gasteiger partial charge in [-0.2, -0.15) is 5.10 Å². The van der Waals surface area contributed by atoms with Gasteiger partial charge in [0.05, 0.1) is 12.9 Å². The molecule has 0 aromatic carbocycles. The Labute approximate surface area is 169 Å². The van der Waals surface area contributed by atoms with Gasteiger partial charge in [0.25, 0.3) is 0 Å². The number of nitrogens with zero attached hydrogens (tertiary/aromatic N) is 4. The normalized spacial score (nSPS) is 22.8. The first kappa shape index (κ1) is 19.2. The van der Waals surface area contributed by atoms with E-state index in [9.17, 15) is 0 Å². The van der Waals surface area contributed by atoms with Gasteiger partial charge in [0, 0.05) is 45.1 Å². The molecule has 2 aromatic heterocycles. The molecule has 0 saturated carbocycles. The van der Waals surface area contributed by atoms with E-state index in [0.717, 1.165) is 57.5 Å². The predicted octanol–water partition coefficient (Wildman–Crippen LogP) is 1.91. The Balaban J connectivity index is 0.00000196. The Hall–Kier alpha value is -1.62. The maximum Gasteiger partial charge on any atom is 0.216 e. The number of furan rings is 1. The van der Waals surface area contributed by atoms with Gasteiger partial charge in [-0.25, -0.2) is 4.98 Å². The summed E-state index contributed by atoms with van der Waals surface area (Å²) in [5.41, 5.74) is 0.334. The van der Waals surface area contributed by atoms with Gasteiger partial charge in [0.2, 0.25) is 5.82 Å². The molecule has 2 aliphatic rings. The summed E-state index contributed by atoms with van der Waals surface area (Å²) in [7, 11) is 1.84. The van der Waals surface area contributed by atoms with E-state index in [1.165, 1.54) is 6.42 Å². The van der Waals surface area contributed by atoms with Crippen LogP contribution in [0.5, 0.6) is 0 Å². The van der Waals surface area contributed by atoms with Crippen LogP contribution in [0.2, 0.25) is 0 Å². The molecule has 1 unspecified atom stereocenters. The highest BCUT2D eigenvalue weighted by Gasteiger charge is 2.42. The lowest BCUT2D eigenvalue weighted by molar-refractivity contribution is 0.156. The van der Waals surface area contributed by atoms with Crippen molar-refractivity contribution in [2.24, 2.45) is 10.4 Å². The molecule has 9 heteroatoms. The highest BCUT2D eigenvalue weighted by atomic mass is 127. The summed E-state index contributed by atoms with van der Waals surface area (Å²) < 4.78 is 10.9. The number of nitrogens with one attached hydrogen (secondary N) is 2. The lowest BCUT2D eigenvalue weighted by atomic mass is 9.87. The van der Waals surface area contributed by atoms with Crippen LogP contribution >= 0.6 is 24.0 Å². The number of H-pyrrole nitrogens is 1. The summed E-state index contributed by atoms with van der Waals surface area (Å²) in [6, 6.07) is 3.68. The third-order valence-corrected chi connectivity index (χ3v) is 5.05. The van der Waals surface area contributed by atoms with Gasteiger partial charge in [-0.1, -0.05) is 0 Å². The molecule has 4 rings (SSSR count). The van der Waals surface area contributed by atoms with Gasteiger partial charge < -0.3 is 19.4 Å². The summed E-state index contributed by atoms with van der Waals surface area (Å²) in [5, 5.41) is 10.6. The first-order chi connectivity index (χ1) is 12.3. The minimum Gasteiger partial charge on any atom is -0.461 e. The lowest BCUT2D eigenvalue weighted by Crippen LogP contribution is -2.42. The van der Waals surface area contributed by atoms with Crippen molar-refractivity contribution in [2.45, 2.75) is 19.3 Å². The molecular weight excluding hydrogens is 447 g/mol. The van der Waals surface area contributed by atoms with Crippen molar-refractivity contribution in [3.05, 3.63) is 24.2 Å². The maximum atomic E-state index is 5.60. The predicted molar refractivity (Wildman–Crippen MR) is 109 cm³/mol. The number of likely N-dealkylation sites (tertiary alicyclic amines) is 1. The summed E-state index contributed by atoms with van der Waals surface area (Å²) >= 11 is 0. The number of hydrogen-bond donors (Lipinski definition) is 2. The molecule has 2 saturated heterocycles. The maximum absolute atomic E-state index is 5.60. The van der Waals surface area contributed by atoms with Crippen LogP contribution in [0.25, 0.3) is 11.6 Å². The molecule has 0 amide bonds. The number of guanidine groups is 1. The molecule has 2 aromatic rings. The second-order valence-electron chi connectivity index (χ2n) is 6.78. The Kier molecular flexibility index (Phi) is 6.17. The molecule has 0 aliphatic carbocycles. The van der Waals surface area contributed by atoms with Gasteiger partial charge in [0.15, 0.2) is 11.7 Å². The van der Waals surface area contributed by atoms with Crippen LogP contribution in [0.3, 0.4) is 0 Å². The zero-order valence-corrected chi connectivity index (χ0v) is 17.2. The standard InChI is InChI=1S/C17H24N6O2.HI/c1-18-16(23-8-5-17(11-23)6-10-24-12-17)19-7-4-14-20-15(22-21-14)13-3-2-9-25-13;/h2-3,9H,4-8,10-12H2,1H3,(H,18,19)(H,20,21,22);1H. The molecule has 2 N–H and O–H groups in total. The van der Waals surface area contributed by atoms with Gasteiger partial charge in [0.1, 0.15) is 5.82 Å². The number of rotatable bonds is 4. The first-order valence-electron chi connectivity index (χ1n) is 8.77. The highest BCUT2D eigenvalue weighted by Crippen LogP contribution is 2.38. The molecule has 2 fully saturated rings. The van der Waals surface area contributed by atoms with E-state index >= 15 is 0 Å². The summed E-state index contributed by atoms with van der Waals surface area (Å²) in [4.78, 5) is 11.2. The average Bonchev–Trinajstić information content (AvgIpc) is 3.41. The van der Waals surface area contributed by atoms with Crippen LogP contribution < -0.4 is 5.32 Å². The molecule has 4 heterocycles. The van der Waals surface area contributed by atoms with E-state index in [1.807, 2.05) is 19.2 Å². The van der Waals surface area contributed by atoms with Gasteiger partial charge in [-0.05, 0) is 25.0 Å². The molecule has 2 aliphatic heterocycles. The van der Waals surface area contributed by atoms with E-state index in [-0.39, 0.29) is 24.0 Å². The van der Waals surface area contributed by atoms with Crippen molar-refractivity contribution in [3.63, 3.8) is 0 Å². The fourth-order valence-corrected chi connectivity index (χ4v) is 3.64. The van der Waals surface area contributed by atoms with E-state index in [2.05, 4.69) is 30.4 Å². The smallest absolute Gasteiger partial charge is 0.216 e. The van der Waals surface area contributed by atoms with Crippen molar-refractivity contribution in [1.82, 2.24) is 25.4 Å². The zero-order chi connectivity index (χ0) is 17.1. The molecule has 0 radical (unpaired) electrons. The largest absolute Gasteiger partial charge is 0.461 e. The lowest BCUT2D eigenvalue weighted by Gasteiger charge is -2.24. The summed E-state index contributed by atoms with van der Waals surface area (Å²) in [6.45, 7) is 4.59. The molecule has 142 valence electrons.